The quantitative estimate of drug-likeness (QED) is 0.800. The van der Waals surface area contributed by atoms with E-state index in [1.54, 1.807) is 13.1 Å². The number of nitrogens with zero attached hydrogens (tertiary/aromatic N) is 1. The summed E-state index contributed by atoms with van der Waals surface area (Å²) in [5, 5.41) is 9.00. The molecule has 1 atom stereocenters. The van der Waals surface area contributed by atoms with E-state index in [0.717, 1.165) is 5.56 Å². The first-order valence-corrected chi connectivity index (χ1v) is 4.47. The van der Waals surface area contributed by atoms with Gasteiger partial charge in [0.05, 0.1) is 11.4 Å². The van der Waals surface area contributed by atoms with E-state index in [1.165, 1.54) is 6.20 Å². The Hall–Kier alpha value is -1.13. The molecule has 0 aliphatic carbocycles. The summed E-state index contributed by atoms with van der Waals surface area (Å²) in [5.74, 6) is -0.940. The molecule has 5 heteroatoms. The molecule has 1 rings (SSSR count). The van der Waals surface area contributed by atoms with Gasteiger partial charge in [-0.15, -0.1) is 0 Å². The van der Waals surface area contributed by atoms with Gasteiger partial charge in [0, 0.05) is 18.4 Å². The van der Waals surface area contributed by atoms with Crippen molar-refractivity contribution in [1.29, 1.82) is 0 Å². The van der Waals surface area contributed by atoms with Gasteiger partial charge < -0.3 is 10.8 Å². The number of rotatable bonds is 3. The van der Waals surface area contributed by atoms with Crippen LogP contribution in [0.25, 0.3) is 0 Å². The highest BCUT2D eigenvalue weighted by atomic mass is 35.5. The highest BCUT2D eigenvalue weighted by Crippen LogP contribution is 2.25. The van der Waals surface area contributed by atoms with Gasteiger partial charge in [0.15, 0.2) is 0 Å². The zero-order chi connectivity index (χ0) is 10.7. The first-order valence-electron chi connectivity index (χ1n) is 4.09. The van der Waals surface area contributed by atoms with Crippen molar-refractivity contribution in [3.8, 4) is 0 Å². The summed E-state index contributed by atoms with van der Waals surface area (Å²) in [4.78, 5) is 14.3. The molecular weight excluding hydrogens is 204 g/mol. The van der Waals surface area contributed by atoms with Crippen molar-refractivity contribution in [2.45, 2.75) is 19.4 Å². The maximum atomic E-state index is 10.5. The molecule has 0 amide bonds. The van der Waals surface area contributed by atoms with Crippen molar-refractivity contribution in [2.75, 3.05) is 0 Å². The molecule has 0 bridgehead atoms. The van der Waals surface area contributed by atoms with Crippen LogP contribution >= 0.6 is 11.6 Å². The van der Waals surface area contributed by atoms with Crippen LogP contribution in [-0.4, -0.2) is 16.1 Å². The van der Waals surface area contributed by atoms with Crippen LogP contribution in [0, 0.1) is 6.92 Å². The number of halogens is 1. The lowest BCUT2D eigenvalue weighted by Gasteiger charge is -2.13. The zero-order valence-electron chi connectivity index (χ0n) is 7.70. The fraction of sp³-hybridized carbons (Fsp3) is 0.333. The number of carbonyl (C=O) groups is 1. The third kappa shape index (κ3) is 2.43. The van der Waals surface area contributed by atoms with E-state index in [9.17, 15) is 4.79 Å². The topological polar surface area (TPSA) is 76.2 Å². The van der Waals surface area contributed by atoms with E-state index >= 15 is 0 Å². The maximum Gasteiger partial charge on any atom is 0.305 e. The van der Waals surface area contributed by atoms with E-state index < -0.39 is 12.0 Å². The summed E-state index contributed by atoms with van der Waals surface area (Å²) in [7, 11) is 0. The molecule has 1 aromatic heterocycles. The summed E-state index contributed by atoms with van der Waals surface area (Å²) in [5.41, 5.74) is 7.17. The lowest BCUT2D eigenvalue weighted by Crippen LogP contribution is -2.16. The molecule has 0 aliphatic rings. The van der Waals surface area contributed by atoms with Crippen LogP contribution in [0.3, 0.4) is 0 Å². The first kappa shape index (κ1) is 10.9. The molecule has 0 fully saturated rings. The van der Waals surface area contributed by atoms with Crippen molar-refractivity contribution in [3.63, 3.8) is 0 Å². The number of aliphatic carboxylic acids is 1. The Balaban J connectivity index is 2.99. The molecule has 1 aromatic rings. The fourth-order valence-electron chi connectivity index (χ4n) is 1.30. The second-order valence-electron chi connectivity index (χ2n) is 3.06. The molecule has 0 saturated carbocycles. The van der Waals surface area contributed by atoms with Crippen LogP contribution in [0.15, 0.2) is 12.4 Å². The van der Waals surface area contributed by atoms with Gasteiger partial charge in [-0.05, 0) is 18.1 Å². The van der Waals surface area contributed by atoms with Crippen molar-refractivity contribution >= 4 is 17.6 Å². The fourth-order valence-corrected chi connectivity index (χ4v) is 1.65. The normalized spacial score (nSPS) is 12.5. The van der Waals surface area contributed by atoms with Crippen LogP contribution in [0.4, 0.5) is 0 Å². The summed E-state index contributed by atoms with van der Waals surface area (Å²) < 4.78 is 0. The van der Waals surface area contributed by atoms with Gasteiger partial charge in [-0.3, -0.25) is 9.78 Å². The third-order valence-electron chi connectivity index (χ3n) is 1.90. The van der Waals surface area contributed by atoms with Crippen LogP contribution < -0.4 is 5.73 Å². The van der Waals surface area contributed by atoms with E-state index in [-0.39, 0.29) is 6.42 Å². The van der Waals surface area contributed by atoms with Crippen molar-refractivity contribution in [1.82, 2.24) is 4.98 Å². The molecule has 0 aliphatic heterocycles. The average Bonchev–Trinajstić information content (AvgIpc) is 2.01. The van der Waals surface area contributed by atoms with Gasteiger partial charge >= 0.3 is 5.97 Å². The Morgan fingerprint density at radius 2 is 2.36 bits per heavy atom. The standard InChI is InChI=1S/C9H11ClN2O2/c1-5-3-12-4-6(10)9(5)7(11)2-8(13)14/h3-4,7H,2,11H2,1H3,(H,13,14). The number of aryl methyl sites for hydroxylation is 1. The van der Waals surface area contributed by atoms with Gasteiger partial charge in [0.2, 0.25) is 0 Å². The summed E-state index contributed by atoms with van der Waals surface area (Å²) in [6.45, 7) is 1.80. The Morgan fingerprint density at radius 1 is 1.71 bits per heavy atom. The monoisotopic (exact) mass is 214 g/mol. The number of hydrogen-bond acceptors (Lipinski definition) is 3. The summed E-state index contributed by atoms with van der Waals surface area (Å²) >= 11 is 5.87. The number of aromatic nitrogens is 1. The summed E-state index contributed by atoms with van der Waals surface area (Å²) in [6.07, 6.45) is 2.94. The molecule has 1 unspecified atom stereocenters. The average molecular weight is 215 g/mol. The highest BCUT2D eigenvalue weighted by molar-refractivity contribution is 6.31. The Labute approximate surface area is 86.7 Å². The van der Waals surface area contributed by atoms with Crippen LogP contribution in [0.2, 0.25) is 5.02 Å². The predicted molar refractivity (Wildman–Crippen MR) is 53.2 cm³/mol. The van der Waals surface area contributed by atoms with E-state index in [4.69, 9.17) is 22.4 Å². The van der Waals surface area contributed by atoms with Crippen molar-refractivity contribution < 1.29 is 9.90 Å². The zero-order valence-corrected chi connectivity index (χ0v) is 8.45. The molecule has 1 heterocycles. The number of carboxylic acids is 1. The van der Waals surface area contributed by atoms with Gasteiger partial charge in [-0.1, -0.05) is 11.6 Å². The Bertz CT molecular complexity index is 334. The molecular formula is C9H11ClN2O2. The molecule has 0 saturated heterocycles. The van der Waals surface area contributed by atoms with Gasteiger partial charge in [0.1, 0.15) is 0 Å². The molecule has 4 nitrogen and oxygen atoms in total. The molecule has 76 valence electrons. The van der Waals surface area contributed by atoms with Gasteiger partial charge in [-0.25, -0.2) is 0 Å². The maximum absolute atomic E-state index is 10.5. The number of hydrogen-bond donors (Lipinski definition) is 2. The van der Waals surface area contributed by atoms with Crippen molar-refractivity contribution in [2.24, 2.45) is 5.73 Å². The minimum atomic E-state index is -0.940. The lowest BCUT2D eigenvalue weighted by molar-refractivity contribution is -0.137. The van der Waals surface area contributed by atoms with Crippen LogP contribution in [-0.2, 0) is 4.79 Å². The smallest absolute Gasteiger partial charge is 0.305 e. The Kier molecular flexibility index (Phi) is 3.43. The van der Waals surface area contributed by atoms with E-state index in [2.05, 4.69) is 4.98 Å². The molecule has 3 N–H and O–H groups in total. The largest absolute Gasteiger partial charge is 0.481 e. The lowest BCUT2D eigenvalue weighted by atomic mass is 10.0. The minimum absolute atomic E-state index is 0.134. The van der Waals surface area contributed by atoms with Crippen LogP contribution in [0.1, 0.15) is 23.6 Å². The van der Waals surface area contributed by atoms with Crippen molar-refractivity contribution in [3.05, 3.63) is 28.5 Å². The number of pyridine rings is 1. The third-order valence-corrected chi connectivity index (χ3v) is 2.20. The molecule has 14 heavy (non-hydrogen) atoms. The highest BCUT2D eigenvalue weighted by Gasteiger charge is 2.16. The molecule has 0 spiro atoms. The molecule has 0 radical (unpaired) electrons. The Morgan fingerprint density at radius 3 is 2.86 bits per heavy atom. The number of nitrogens with two attached hydrogens (primary N) is 1. The predicted octanol–water partition coefficient (Wildman–Crippen LogP) is 1.52. The van der Waals surface area contributed by atoms with E-state index in [1.807, 2.05) is 0 Å². The number of carboxylic acid groups (broad SMARTS) is 1. The molecule has 0 aromatic carbocycles. The second-order valence-corrected chi connectivity index (χ2v) is 3.46. The van der Waals surface area contributed by atoms with Gasteiger partial charge in [-0.2, -0.15) is 0 Å². The van der Waals surface area contributed by atoms with E-state index in [0.29, 0.717) is 10.6 Å². The SMILES string of the molecule is Cc1cncc(Cl)c1C(N)CC(=O)O. The second kappa shape index (κ2) is 4.39. The van der Waals surface area contributed by atoms with Crippen LogP contribution in [0.5, 0.6) is 0 Å². The van der Waals surface area contributed by atoms with Gasteiger partial charge in [0.25, 0.3) is 0 Å². The first-order chi connectivity index (χ1) is 6.52. The summed E-state index contributed by atoms with van der Waals surface area (Å²) in [6, 6.07) is -0.581. The minimum Gasteiger partial charge on any atom is -0.481 e.